The highest BCUT2D eigenvalue weighted by Crippen LogP contribution is 2.37. The molecule has 1 aromatic carbocycles. The van der Waals surface area contributed by atoms with E-state index in [4.69, 9.17) is 18.9 Å². The van der Waals surface area contributed by atoms with Crippen molar-refractivity contribution in [2.75, 3.05) is 77.2 Å². The summed E-state index contributed by atoms with van der Waals surface area (Å²) in [7, 11) is -8.95. The van der Waals surface area contributed by atoms with Gasteiger partial charge in [-0.15, -0.1) is 0 Å². The predicted molar refractivity (Wildman–Crippen MR) is 165 cm³/mol. The van der Waals surface area contributed by atoms with Crippen LogP contribution in [-0.2, 0) is 44.0 Å². The van der Waals surface area contributed by atoms with Gasteiger partial charge in [0.05, 0.1) is 69.1 Å². The zero-order valence-corrected chi connectivity index (χ0v) is 28.2. The van der Waals surface area contributed by atoms with Gasteiger partial charge in [-0.05, 0) is 38.8 Å². The molecule has 2 atom stereocenters. The van der Waals surface area contributed by atoms with Gasteiger partial charge in [0.15, 0.2) is 0 Å². The first-order valence-corrected chi connectivity index (χ1v) is 18.7. The van der Waals surface area contributed by atoms with Crippen molar-refractivity contribution in [1.29, 1.82) is 0 Å². The number of carbonyl (C=O) groups is 2. The van der Waals surface area contributed by atoms with Gasteiger partial charge in [0.1, 0.15) is 12.2 Å². The van der Waals surface area contributed by atoms with Gasteiger partial charge in [-0.25, -0.2) is 21.6 Å². The Morgan fingerprint density at radius 3 is 1.65 bits per heavy atom. The smallest absolute Gasteiger partial charge is 0.338 e. The molecular weight excluding hydrogens is 644 g/mol. The summed E-state index contributed by atoms with van der Waals surface area (Å²) >= 11 is 0. The minimum atomic E-state index is -4.49. The number of nitrogens with zero attached hydrogens (tertiary/aromatic N) is 2. The predicted octanol–water partition coefficient (Wildman–Crippen LogP) is 1.14. The molecule has 4 rings (SSSR count). The topological polar surface area (TPSA) is 192 Å². The molecule has 3 aliphatic rings. The molecule has 16 heteroatoms. The van der Waals surface area contributed by atoms with Crippen molar-refractivity contribution in [1.82, 2.24) is 9.80 Å². The van der Waals surface area contributed by atoms with Crippen LogP contribution in [0.4, 0.5) is 0 Å². The average molecular weight is 691 g/mol. The molecule has 2 unspecified atom stereocenters. The van der Waals surface area contributed by atoms with Crippen LogP contribution in [0.5, 0.6) is 0 Å². The lowest BCUT2D eigenvalue weighted by Crippen LogP contribution is -2.46. The number of aryl methyl sites for hydroxylation is 1. The van der Waals surface area contributed by atoms with Crippen molar-refractivity contribution >= 4 is 32.2 Å². The van der Waals surface area contributed by atoms with Crippen LogP contribution in [0.1, 0.15) is 54.9 Å². The van der Waals surface area contributed by atoms with E-state index in [1.807, 2.05) is 23.6 Å². The van der Waals surface area contributed by atoms with E-state index in [0.717, 1.165) is 37.7 Å². The molecule has 2 saturated heterocycles. The van der Waals surface area contributed by atoms with Gasteiger partial charge in [-0.1, -0.05) is 37.0 Å². The number of hydrogen-bond acceptors (Lipinski definition) is 14. The van der Waals surface area contributed by atoms with Gasteiger partial charge in [0, 0.05) is 39.3 Å². The molecule has 0 radical (unpaired) electrons. The Bertz CT molecular complexity index is 1320. The van der Waals surface area contributed by atoms with Crippen molar-refractivity contribution in [3.05, 3.63) is 35.4 Å². The molecule has 0 aromatic heterocycles. The first kappa shape index (κ1) is 38.3. The summed E-state index contributed by atoms with van der Waals surface area (Å²) in [5.74, 6) is -2.42. The number of esters is 2. The van der Waals surface area contributed by atoms with Gasteiger partial charge in [0.2, 0.25) is 0 Å². The van der Waals surface area contributed by atoms with Gasteiger partial charge in [-0.3, -0.25) is 14.6 Å². The molecule has 1 aromatic rings. The van der Waals surface area contributed by atoms with Crippen molar-refractivity contribution in [2.24, 2.45) is 5.41 Å². The number of carbonyl (C=O) groups excluding carboxylic acids is 2. The highest BCUT2D eigenvalue weighted by atomic mass is 32.2. The zero-order valence-electron chi connectivity index (χ0n) is 26.6. The fourth-order valence-electron chi connectivity index (χ4n) is 5.59. The Labute approximate surface area is 272 Å². The molecule has 1 aliphatic carbocycles. The quantitative estimate of drug-likeness (QED) is 0.224. The molecule has 0 N–H and O–H groups in total. The van der Waals surface area contributed by atoms with E-state index in [2.05, 4.69) is 0 Å². The number of morpholine rings is 2. The Morgan fingerprint density at radius 1 is 0.783 bits per heavy atom. The maximum atomic E-state index is 12.5. The zero-order chi connectivity index (χ0) is 33.8. The molecule has 46 heavy (non-hydrogen) atoms. The fraction of sp³-hybridized carbons (Fsp3) is 0.733. The molecule has 2 aliphatic heterocycles. The lowest BCUT2D eigenvalue weighted by Gasteiger charge is -2.35. The van der Waals surface area contributed by atoms with Gasteiger partial charge >= 0.3 is 11.9 Å². The SMILES string of the molecule is CC1(C(=O)OC(CN2CCOCC2)CS(=O)(=O)[O-])CCCCC1.Cc1ccc(C(=O)OC(CN2CCOCC2)CS(=O)(=O)[O-])cc1. The molecule has 0 amide bonds. The number of rotatable bonds is 12. The summed E-state index contributed by atoms with van der Waals surface area (Å²) in [5.41, 5.74) is 0.758. The van der Waals surface area contributed by atoms with Crippen LogP contribution in [0.15, 0.2) is 24.3 Å². The summed E-state index contributed by atoms with van der Waals surface area (Å²) in [6.07, 6.45) is 2.64. The third-order valence-corrected chi connectivity index (χ3v) is 9.76. The highest BCUT2D eigenvalue weighted by molar-refractivity contribution is 7.86. The highest BCUT2D eigenvalue weighted by Gasteiger charge is 2.38. The monoisotopic (exact) mass is 690 g/mol. The molecule has 2 heterocycles. The summed E-state index contributed by atoms with van der Waals surface area (Å²) < 4.78 is 87.7. The molecule has 14 nitrogen and oxygen atoms in total. The average Bonchev–Trinajstić information content (AvgIpc) is 2.97. The van der Waals surface area contributed by atoms with E-state index >= 15 is 0 Å². The molecular formula is C30H46N2O12S2-2. The van der Waals surface area contributed by atoms with E-state index in [1.54, 1.807) is 24.3 Å². The second-order valence-electron chi connectivity index (χ2n) is 12.3. The minimum Gasteiger partial charge on any atom is -0.748 e. The summed E-state index contributed by atoms with van der Waals surface area (Å²) in [6.45, 7) is 8.89. The summed E-state index contributed by atoms with van der Waals surface area (Å²) in [4.78, 5) is 28.5. The number of ether oxygens (including phenoxy) is 4. The van der Waals surface area contributed by atoms with Crippen LogP contribution < -0.4 is 0 Å². The maximum absolute atomic E-state index is 12.5. The van der Waals surface area contributed by atoms with E-state index in [-0.39, 0.29) is 19.1 Å². The lowest BCUT2D eigenvalue weighted by molar-refractivity contribution is -0.162. The van der Waals surface area contributed by atoms with Gasteiger partial charge in [0.25, 0.3) is 0 Å². The van der Waals surface area contributed by atoms with E-state index in [9.17, 15) is 35.5 Å². The Balaban J connectivity index is 0.000000250. The largest absolute Gasteiger partial charge is 0.748 e. The maximum Gasteiger partial charge on any atom is 0.338 e. The molecule has 3 fully saturated rings. The molecule has 1 saturated carbocycles. The third-order valence-electron chi connectivity index (χ3n) is 8.20. The summed E-state index contributed by atoms with van der Waals surface area (Å²) in [6, 6.07) is 6.74. The summed E-state index contributed by atoms with van der Waals surface area (Å²) in [5, 5.41) is 0. The first-order chi connectivity index (χ1) is 21.6. The first-order valence-electron chi connectivity index (χ1n) is 15.6. The van der Waals surface area contributed by atoms with Crippen LogP contribution >= 0.6 is 0 Å². The number of benzene rings is 1. The molecule has 0 bridgehead atoms. The van der Waals surface area contributed by atoms with Crippen molar-refractivity contribution in [3.8, 4) is 0 Å². The van der Waals surface area contributed by atoms with Crippen LogP contribution in [0.3, 0.4) is 0 Å². The Hall–Kier alpha value is -2.18. The van der Waals surface area contributed by atoms with Crippen molar-refractivity contribution in [3.63, 3.8) is 0 Å². The van der Waals surface area contributed by atoms with E-state index in [1.165, 1.54) is 0 Å². The standard InChI is InChI=1S/C15H21NO6S.C15H27NO6S/c1-12-2-4-13(5-3-12)15(17)22-14(11-23(18,19)20)10-16-6-8-21-9-7-16;1-15(5-3-2-4-6-15)14(17)22-13(12-23(18,19)20)11-16-7-9-21-10-8-16/h2-5,14H,6-11H2,1H3,(H,18,19,20);13H,2-12H2,1H3,(H,18,19,20)/p-2. The van der Waals surface area contributed by atoms with E-state index < -0.39 is 55.3 Å². The van der Waals surface area contributed by atoms with Crippen LogP contribution in [0.2, 0.25) is 0 Å². The van der Waals surface area contributed by atoms with Crippen LogP contribution in [-0.4, -0.2) is 137 Å². The normalized spacial score (nSPS) is 20.9. The second kappa shape index (κ2) is 17.8. The minimum absolute atomic E-state index is 0.197. The van der Waals surface area contributed by atoms with Gasteiger partial charge in [-0.2, -0.15) is 0 Å². The lowest BCUT2D eigenvalue weighted by atomic mass is 9.76. The second-order valence-corrected chi connectivity index (χ2v) is 15.2. The number of hydrogen-bond donors (Lipinski definition) is 0. The third kappa shape index (κ3) is 14.3. The van der Waals surface area contributed by atoms with E-state index in [0.29, 0.717) is 58.2 Å². The van der Waals surface area contributed by atoms with Crippen molar-refractivity contribution < 1.29 is 54.5 Å². The molecule has 262 valence electrons. The Kier molecular flexibility index (Phi) is 14.8. The fourth-order valence-corrected chi connectivity index (χ4v) is 6.84. The van der Waals surface area contributed by atoms with Crippen LogP contribution in [0.25, 0.3) is 0 Å². The molecule has 0 spiro atoms. The van der Waals surface area contributed by atoms with Crippen molar-refractivity contribution in [2.45, 2.75) is 58.2 Å². The van der Waals surface area contributed by atoms with Crippen LogP contribution in [0, 0.1) is 12.3 Å². The van der Waals surface area contributed by atoms with Gasteiger partial charge < -0.3 is 28.1 Å². The Morgan fingerprint density at radius 2 is 1.22 bits per heavy atom.